The van der Waals surface area contributed by atoms with Gasteiger partial charge in [0.25, 0.3) is 17.9 Å². The molecular formula is C22H32O7Si. The van der Waals surface area contributed by atoms with E-state index in [1.807, 2.05) is 24.3 Å². The van der Waals surface area contributed by atoms with Gasteiger partial charge < -0.3 is 18.0 Å². The fourth-order valence-electron chi connectivity index (χ4n) is 3.84. The van der Waals surface area contributed by atoms with Crippen molar-refractivity contribution in [2.24, 2.45) is 5.92 Å². The molecule has 0 aromatic heterocycles. The maximum Gasteiger partial charge on any atom is 0.748 e. The van der Waals surface area contributed by atoms with Crippen molar-refractivity contribution in [2.75, 3.05) is 0 Å². The normalized spacial score (nSPS) is 20.0. The Hall–Kier alpha value is -2.35. The number of carbonyl (C=O) groups is 3. The van der Waals surface area contributed by atoms with Crippen molar-refractivity contribution >= 4 is 26.7 Å². The summed E-state index contributed by atoms with van der Waals surface area (Å²) in [5.74, 6) is -0.280. The molecule has 0 bridgehead atoms. The van der Waals surface area contributed by atoms with Crippen LogP contribution in [0, 0.1) is 5.92 Å². The second-order valence-electron chi connectivity index (χ2n) is 7.93. The Morgan fingerprint density at radius 2 is 1.37 bits per heavy atom. The summed E-state index contributed by atoms with van der Waals surface area (Å²) in [6, 6.07) is 7.78. The predicted octanol–water partition coefficient (Wildman–Crippen LogP) is 4.31. The first-order valence-electron chi connectivity index (χ1n) is 10.5. The molecule has 1 aromatic carbocycles. The van der Waals surface area contributed by atoms with Gasteiger partial charge in [0.05, 0.1) is 0 Å². The van der Waals surface area contributed by atoms with Crippen LogP contribution in [-0.2, 0) is 27.7 Å². The lowest BCUT2D eigenvalue weighted by Crippen LogP contribution is -2.60. The molecule has 0 heterocycles. The molecular weight excluding hydrogens is 404 g/mol. The predicted molar refractivity (Wildman–Crippen MR) is 113 cm³/mol. The minimum Gasteiger partial charge on any atom is -0.482 e. The highest BCUT2D eigenvalue weighted by molar-refractivity contribution is 6.67. The molecule has 1 unspecified atom stereocenters. The monoisotopic (exact) mass is 436 g/mol. The van der Waals surface area contributed by atoms with Crippen LogP contribution in [0.5, 0.6) is 5.75 Å². The van der Waals surface area contributed by atoms with Crippen LogP contribution in [0.4, 0.5) is 0 Å². The van der Waals surface area contributed by atoms with E-state index in [1.54, 1.807) is 6.92 Å². The number of rotatable bonds is 8. The second kappa shape index (κ2) is 10.6. The molecule has 1 aliphatic rings. The summed E-state index contributed by atoms with van der Waals surface area (Å²) in [5, 5.41) is 0. The van der Waals surface area contributed by atoms with Crippen LogP contribution in [0.1, 0.15) is 78.2 Å². The molecule has 8 heteroatoms. The Bertz CT molecular complexity index is 698. The van der Waals surface area contributed by atoms with Gasteiger partial charge in [-0.25, -0.2) is 0 Å². The highest BCUT2D eigenvalue weighted by Crippen LogP contribution is 2.36. The van der Waals surface area contributed by atoms with Crippen molar-refractivity contribution < 1.29 is 32.4 Å². The van der Waals surface area contributed by atoms with Crippen molar-refractivity contribution in [3.63, 3.8) is 0 Å². The number of hydrogen-bond acceptors (Lipinski definition) is 7. The van der Waals surface area contributed by atoms with E-state index in [-0.39, 0.29) is 0 Å². The highest BCUT2D eigenvalue weighted by atomic mass is 28.4. The molecule has 0 N–H and O–H groups in total. The quantitative estimate of drug-likeness (QED) is 0.561. The summed E-state index contributed by atoms with van der Waals surface area (Å²) < 4.78 is 21.9. The van der Waals surface area contributed by atoms with Gasteiger partial charge in [0.2, 0.25) is 5.73 Å². The Balaban J connectivity index is 2.23. The molecule has 1 saturated carbocycles. The molecule has 166 valence electrons. The molecule has 1 aliphatic carbocycles. The van der Waals surface area contributed by atoms with Crippen molar-refractivity contribution in [3.05, 3.63) is 29.8 Å². The number of hydrogen-bond donors (Lipinski definition) is 0. The van der Waals surface area contributed by atoms with Gasteiger partial charge in [0, 0.05) is 20.8 Å². The second-order valence-corrected chi connectivity index (χ2v) is 10.4. The fourth-order valence-corrected chi connectivity index (χ4v) is 6.34. The van der Waals surface area contributed by atoms with E-state index in [2.05, 4.69) is 6.92 Å². The maximum absolute atomic E-state index is 11.7. The van der Waals surface area contributed by atoms with Crippen LogP contribution in [0.25, 0.3) is 0 Å². The van der Waals surface area contributed by atoms with Crippen LogP contribution in [-0.4, -0.2) is 32.4 Å². The summed E-state index contributed by atoms with van der Waals surface area (Å²) in [6.07, 6.45) is 5.15. The summed E-state index contributed by atoms with van der Waals surface area (Å²) in [7, 11) is -4.12. The van der Waals surface area contributed by atoms with Gasteiger partial charge in [0.1, 0.15) is 5.75 Å². The third-order valence-corrected chi connectivity index (χ3v) is 8.30. The van der Waals surface area contributed by atoms with Gasteiger partial charge in [-0.05, 0) is 48.8 Å². The van der Waals surface area contributed by atoms with E-state index in [4.69, 9.17) is 18.0 Å². The van der Waals surface area contributed by atoms with Crippen molar-refractivity contribution in [2.45, 2.75) is 78.4 Å². The number of carbonyl (C=O) groups excluding carboxylic acids is 3. The lowest BCUT2D eigenvalue weighted by Gasteiger charge is -2.32. The van der Waals surface area contributed by atoms with Crippen LogP contribution in [0.2, 0.25) is 0 Å². The molecule has 2 rings (SSSR count). The molecule has 0 amide bonds. The average Bonchev–Trinajstić information content (AvgIpc) is 2.65. The molecule has 30 heavy (non-hydrogen) atoms. The topological polar surface area (TPSA) is 88.1 Å². The van der Waals surface area contributed by atoms with Crippen LogP contribution < -0.4 is 4.74 Å². The van der Waals surface area contributed by atoms with E-state index in [0.717, 1.165) is 5.92 Å². The largest absolute Gasteiger partial charge is 0.748 e. The zero-order valence-corrected chi connectivity index (χ0v) is 19.4. The zero-order chi connectivity index (χ0) is 22.3. The zero-order valence-electron chi connectivity index (χ0n) is 18.4. The Morgan fingerprint density at radius 1 is 0.900 bits per heavy atom. The van der Waals surface area contributed by atoms with Crippen molar-refractivity contribution in [3.8, 4) is 5.75 Å². The maximum atomic E-state index is 11.7. The lowest BCUT2D eigenvalue weighted by atomic mass is 9.79. The van der Waals surface area contributed by atoms with Gasteiger partial charge in [-0.1, -0.05) is 38.8 Å². The van der Waals surface area contributed by atoms with Gasteiger partial charge in [-0.15, -0.1) is 0 Å². The fraction of sp³-hybridized carbons (Fsp3) is 0.591. The van der Waals surface area contributed by atoms with Crippen molar-refractivity contribution in [1.82, 2.24) is 0 Å². The molecule has 1 aromatic rings. The molecule has 7 nitrogen and oxygen atoms in total. The minimum absolute atomic E-state index is 0.308. The van der Waals surface area contributed by atoms with Crippen LogP contribution in [0.15, 0.2) is 24.3 Å². The lowest BCUT2D eigenvalue weighted by molar-refractivity contribution is -0.150. The standard InChI is InChI=1S/C22H32O7Si/c1-6-22(30(27-16(3)23,28-17(4)24)29-18(5)25)26-21-13-11-20(12-14-21)19-9-7-15(2)8-10-19/h11-15,19,22H,6-10H2,1-5H3. The van der Waals surface area contributed by atoms with E-state index in [1.165, 1.54) is 52.0 Å². The van der Waals surface area contributed by atoms with E-state index < -0.39 is 32.4 Å². The first-order chi connectivity index (χ1) is 14.1. The van der Waals surface area contributed by atoms with Crippen LogP contribution >= 0.6 is 0 Å². The van der Waals surface area contributed by atoms with Gasteiger partial charge >= 0.3 is 8.80 Å². The van der Waals surface area contributed by atoms with Gasteiger partial charge in [0.15, 0.2) is 0 Å². The highest BCUT2D eigenvalue weighted by Gasteiger charge is 2.61. The summed E-state index contributed by atoms with van der Waals surface area (Å²) in [5.41, 5.74) is 0.362. The Kier molecular flexibility index (Phi) is 8.46. The third kappa shape index (κ3) is 6.58. The van der Waals surface area contributed by atoms with E-state index in [9.17, 15) is 14.4 Å². The van der Waals surface area contributed by atoms with Gasteiger partial charge in [-0.2, -0.15) is 0 Å². The summed E-state index contributed by atoms with van der Waals surface area (Å²) >= 11 is 0. The number of ether oxygens (including phenoxy) is 1. The van der Waals surface area contributed by atoms with E-state index >= 15 is 0 Å². The first-order valence-corrected chi connectivity index (χ1v) is 12.3. The molecule has 0 saturated heterocycles. The van der Waals surface area contributed by atoms with Crippen molar-refractivity contribution in [1.29, 1.82) is 0 Å². The summed E-state index contributed by atoms with van der Waals surface area (Å²) in [4.78, 5) is 35.1. The van der Waals surface area contributed by atoms with E-state index in [0.29, 0.717) is 18.1 Å². The molecule has 0 radical (unpaired) electrons. The molecule has 0 aliphatic heterocycles. The third-order valence-electron chi connectivity index (χ3n) is 5.27. The molecule has 1 atom stereocenters. The first kappa shape index (κ1) is 23.9. The Labute approximate surface area is 179 Å². The smallest absolute Gasteiger partial charge is 0.482 e. The summed E-state index contributed by atoms with van der Waals surface area (Å²) in [6.45, 7) is 7.58. The van der Waals surface area contributed by atoms with Crippen LogP contribution in [0.3, 0.4) is 0 Å². The number of benzene rings is 1. The van der Waals surface area contributed by atoms with Gasteiger partial charge in [-0.3, -0.25) is 14.4 Å². The Morgan fingerprint density at radius 3 is 1.77 bits per heavy atom. The minimum atomic E-state index is -4.12. The molecule has 1 fully saturated rings. The SMILES string of the molecule is CCC(Oc1ccc(C2CCC(C)CC2)cc1)[Si](OC(C)=O)(OC(C)=O)OC(C)=O. The average molecular weight is 437 g/mol. The molecule has 0 spiro atoms.